The van der Waals surface area contributed by atoms with Crippen molar-refractivity contribution in [1.29, 1.82) is 5.26 Å². The fourth-order valence-corrected chi connectivity index (χ4v) is 3.73. The van der Waals surface area contributed by atoms with Crippen molar-refractivity contribution in [3.63, 3.8) is 0 Å². The van der Waals surface area contributed by atoms with Gasteiger partial charge in [0, 0.05) is 18.9 Å². The van der Waals surface area contributed by atoms with Crippen LogP contribution in [-0.4, -0.2) is 20.9 Å². The highest BCUT2D eigenvalue weighted by Gasteiger charge is 2.53. The number of benzene rings is 1. The number of carbonyl (C=O) groups excluding carboxylic acids is 1. The van der Waals surface area contributed by atoms with Crippen LogP contribution in [0.4, 0.5) is 4.79 Å². The SMILES string of the molecule is Cn1cnnc1CC1(c2cccc(OC(N)=O)c2)CC(C)(C#N)C1. The van der Waals surface area contributed by atoms with Crippen LogP contribution in [0.3, 0.4) is 0 Å². The normalized spacial score (nSPS) is 25.5. The molecule has 1 aliphatic rings. The maximum absolute atomic E-state index is 11.0. The van der Waals surface area contributed by atoms with Gasteiger partial charge in [-0.05, 0) is 37.5 Å². The van der Waals surface area contributed by atoms with E-state index in [1.54, 1.807) is 12.4 Å². The van der Waals surface area contributed by atoms with E-state index in [0.29, 0.717) is 25.0 Å². The Hall–Kier alpha value is -2.88. The topological polar surface area (TPSA) is 107 Å². The van der Waals surface area contributed by atoms with Crippen molar-refractivity contribution in [2.24, 2.45) is 18.2 Å². The zero-order chi connectivity index (χ0) is 17.4. The van der Waals surface area contributed by atoms with E-state index in [-0.39, 0.29) is 10.8 Å². The minimum Gasteiger partial charge on any atom is -0.410 e. The van der Waals surface area contributed by atoms with Crippen molar-refractivity contribution in [1.82, 2.24) is 14.8 Å². The van der Waals surface area contributed by atoms with E-state index in [1.807, 2.05) is 36.7 Å². The summed E-state index contributed by atoms with van der Waals surface area (Å²) in [5.41, 5.74) is 5.51. The van der Waals surface area contributed by atoms with E-state index in [4.69, 9.17) is 10.5 Å². The molecule has 1 saturated carbocycles. The Morgan fingerprint density at radius 1 is 1.50 bits per heavy atom. The predicted molar refractivity (Wildman–Crippen MR) is 86.0 cm³/mol. The first-order valence-electron chi connectivity index (χ1n) is 7.68. The highest BCUT2D eigenvalue weighted by molar-refractivity contribution is 5.68. The Balaban J connectivity index is 1.96. The fraction of sp³-hybridized carbons (Fsp3) is 0.412. The molecule has 1 aromatic carbocycles. The summed E-state index contributed by atoms with van der Waals surface area (Å²) >= 11 is 0. The Morgan fingerprint density at radius 3 is 2.83 bits per heavy atom. The van der Waals surface area contributed by atoms with E-state index in [1.165, 1.54) is 0 Å². The van der Waals surface area contributed by atoms with E-state index in [0.717, 1.165) is 11.4 Å². The molecule has 1 fully saturated rings. The molecular weight excluding hydrogens is 306 g/mol. The third-order valence-corrected chi connectivity index (χ3v) is 4.69. The maximum atomic E-state index is 11.0. The molecule has 2 N–H and O–H groups in total. The van der Waals surface area contributed by atoms with Crippen molar-refractivity contribution in [2.75, 3.05) is 0 Å². The molecule has 7 heteroatoms. The summed E-state index contributed by atoms with van der Waals surface area (Å²) in [4.78, 5) is 11.0. The fourth-order valence-electron chi connectivity index (χ4n) is 3.73. The third kappa shape index (κ3) is 2.83. The number of ether oxygens (including phenoxy) is 1. The molecule has 124 valence electrons. The third-order valence-electron chi connectivity index (χ3n) is 4.69. The van der Waals surface area contributed by atoms with Crippen LogP contribution in [-0.2, 0) is 18.9 Å². The highest BCUT2D eigenvalue weighted by Crippen LogP contribution is 2.57. The van der Waals surface area contributed by atoms with Gasteiger partial charge in [0.2, 0.25) is 0 Å². The Bertz CT molecular complexity index is 814. The number of hydrogen-bond acceptors (Lipinski definition) is 5. The number of aromatic nitrogens is 3. The number of aryl methyl sites for hydroxylation is 1. The van der Waals surface area contributed by atoms with Gasteiger partial charge in [-0.2, -0.15) is 5.26 Å². The van der Waals surface area contributed by atoms with Crippen LogP contribution in [0.1, 0.15) is 31.2 Å². The van der Waals surface area contributed by atoms with Crippen LogP contribution in [0.25, 0.3) is 0 Å². The molecule has 0 bridgehead atoms. The van der Waals surface area contributed by atoms with Gasteiger partial charge in [-0.25, -0.2) is 4.79 Å². The van der Waals surface area contributed by atoms with Crippen molar-refractivity contribution in [3.8, 4) is 11.8 Å². The molecule has 3 rings (SSSR count). The van der Waals surface area contributed by atoms with Crippen LogP contribution in [0.5, 0.6) is 5.75 Å². The van der Waals surface area contributed by atoms with Crippen molar-refractivity contribution < 1.29 is 9.53 Å². The molecule has 0 spiro atoms. The van der Waals surface area contributed by atoms with Gasteiger partial charge < -0.3 is 15.0 Å². The highest BCUT2D eigenvalue weighted by atomic mass is 16.5. The molecule has 7 nitrogen and oxygen atoms in total. The lowest BCUT2D eigenvalue weighted by Crippen LogP contribution is -2.49. The second-order valence-corrected chi connectivity index (χ2v) is 6.79. The number of primary amides is 1. The van der Waals surface area contributed by atoms with Gasteiger partial charge in [-0.3, -0.25) is 0 Å². The van der Waals surface area contributed by atoms with Gasteiger partial charge in [-0.1, -0.05) is 12.1 Å². The smallest absolute Gasteiger partial charge is 0.409 e. The summed E-state index contributed by atoms with van der Waals surface area (Å²) in [5.74, 6) is 1.26. The number of nitriles is 1. The summed E-state index contributed by atoms with van der Waals surface area (Å²) in [7, 11) is 1.90. The molecule has 0 radical (unpaired) electrons. The number of rotatable bonds is 4. The largest absolute Gasteiger partial charge is 0.410 e. The van der Waals surface area contributed by atoms with E-state index in [9.17, 15) is 10.1 Å². The molecule has 0 saturated heterocycles. The predicted octanol–water partition coefficient (Wildman–Crippen LogP) is 2.08. The summed E-state index contributed by atoms with van der Waals surface area (Å²) in [6, 6.07) is 9.71. The van der Waals surface area contributed by atoms with Gasteiger partial charge >= 0.3 is 6.09 Å². The average Bonchev–Trinajstić information content (AvgIpc) is 2.90. The number of amides is 1. The van der Waals surface area contributed by atoms with Crippen LogP contribution >= 0.6 is 0 Å². The van der Waals surface area contributed by atoms with E-state index >= 15 is 0 Å². The Kier molecular flexibility index (Phi) is 3.76. The van der Waals surface area contributed by atoms with Crippen molar-refractivity contribution >= 4 is 6.09 Å². The van der Waals surface area contributed by atoms with E-state index < -0.39 is 6.09 Å². The molecular formula is C17H19N5O2. The monoisotopic (exact) mass is 325 g/mol. The van der Waals surface area contributed by atoms with Crippen LogP contribution < -0.4 is 10.5 Å². The Labute approximate surface area is 140 Å². The maximum Gasteiger partial charge on any atom is 0.409 e. The van der Waals surface area contributed by atoms with Gasteiger partial charge in [0.05, 0.1) is 11.5 Å². The molecule has 0 unspecified atom stereocenters. The summed E-state index contributed by atoms with van der Waals surface area (Å²) in [6.45, 7) is 1.96. The lowest BCUT2D eigenvalue weighted by atomic mass is 9.50. The minimum atomic E-state index is -0.843. The zero-order valence-corrected chi connectivity index (χ0v) is 13.7. The quantitative estimate of drug-likeness (QED) is 0.926. The summed E-state index contributed by atoms with van der Waals surface area (Å²) in [6.07, 6.45) is 2.91. The number of nitrogens with zero attached hydrogens (tertiary/aromatic N) is 4. The summed E-state index contributed by atoms with van der Waals surface area (Å²) < 4.78 is 6.88. The van der Waals surface area contributed by atoms with Gasteiger partial charge in [0.15, 0.2) is 0 Å². The van der Waals surface area contributed by atoms with Gasteiger partial charge in [0.1, 0.15) is 17.9 Å². The Morgan fingerprint density at radius 2 is 2.25 bits per heavy atom. The first kappa shape index (κ1) is 16.0. The first-order chi connectivity index (χ1) is 11.4. The second kappa shape index (κ2) is 5.64. The lowest BCUT2D eigenvalue weighted by Gasteiger charge is -2.51. The molecule has 1 aliphatic carbocycles. The molecule has 2 aromatic rings. The number of nitrogens with two attached hydrogens (primary N) is 1. The number of hydrogen-bond donors (Lipinski definition) is 1. The first-order valence-corrected chi connectivity index (χ1v) is 7.68. The zero-order valence-electron chi connectivity index (χ0n) is 13.7. The molecule has 1 aromatic heterocycles. The minimum absolute atomic E-state index is 0.234. The molecule has 24 heavy (non-hydrogen) atoms. The molecule has 1 heterocycles. The lowest BCUT2D eigenvalue weighted by molar-refractivity contribution is 0.0888. The van der Waals surface area contributed by atoms with Gasteiger partial charge in [0.25, 0.3) is 0 Å². The van der Waals surface area contributed by atoms with Crippen molar-refractivity contribution in [2.45, 2.75) is 31.6 Å². The van der Waals surface area contributed by atoms with Crippen LogP contribution in [0.15, 0.2) is 30.6 Å². The number of carbonyl (C=O) groups is 1. The average molecular weight is 325 g/mol. The second-order valence-electron chi connectivity index (χ2n) is 6.79. The molecule has 1 amide bonds. The van der Waals surface area contributed by atoms with Crippen LogP contribution in [0, 0.1) is 16.7 Å². The molecule has 0 aliphatic heterocycles. The van der Waals surface area contributed by atoms with Gasteiger partial charge in [-0.15, -0.1) is 10.2 Å². The summed E-state index contributed by atoms with van der Waals surface area (Å²) in [5, 5.41) is 17.5. The molecule has 0 atom stereocenters. The van der Waals surface area contributed by atoms with Crippen molar-refractivity contribution in [3.05, 3.63) is 42.0 Å². The standard InChI is InChI=1S/C17H19N5O2/c1-16(10-18)8-17(9-16,7-14-21-20-11-22(14)2)12-4-3-5-13(6-12)24-15(19)23/h3-6,11H,7-9H2,1-2H3,(H2,19,23). The van der Waals surface area contributed by atoms with Crippen LogP contribution in [0.2, 0.25) is 0 Å². The van der Waals surface area contributed by atoms with E-state index in [2.05, 4.69) is 16.3 Å².